The van der Waals surface area contributed by atoms with Crippen LogP contribution in [0.3, 0.4) is 0 Å². The van der Waals surface area contributed by atoms with E-state index in [4.69, 9.17) is 19.7 Å². The van der Waals surface area contributed by atoms with E-state index in [9.17, 15) is 4.79 Å². The van der Waals surface area contributed by atoms with Crippen LogP contribution in [0, 0.1) is 0 Å². The molecule has 2 aliphatic heterocycles. The van der Waals surface area contributed by atoms with Gasteiger partial charge in [0.05, 0.1) is 25.8 Å². The highest BCUT2D eigenvalue weighted by Crippen LogP contribution is 2.32. The van der Waals surface area contributed by atoms with Crippen LogP contribution < -0.4 is 9.80 Å². The van der Waals surface area contributed by atoms with Crippen molar-refractivity contribution in [2.24, 2.45) is 0 Å². The van der Waals surface area contributed by atoms with E-state index in [2.05, 4.69) is 28.3 Å². The number of piperazine rings is 1. The molecule has 3 aromatic rings. The third-order valence-electron chi connectivity index (χ3n) is 6.20. The van der Waals surface area contributed by atoms with Crippen LogP contribution in [-0.4, -0.2) is 87.8 Å². The largest absolute Gasteiger partial charge is 0.377 e. The number of nitrogens with zero attached hydrogens (tertiary/aromatic N) is 8. The minimum absolute atomic E-state index is 0.0720. The van der Waals surface area contributed by atoms with Crippen molar-refractivity contribution in [3.8, 4) is 11.4 Å². The summed E-state index contributed by atoms with van der Waals surface area (Å²) in [4.78, 5) is 37.4. The lowest BCUT2D eigenvalue weighted by atomic mass is 10.2. The first-order chi connectivity index (χ1) is 15.6. The number of rotatable bonds is 4. The van der Waals surface area contributed by atoms with Gasteiger partial charge in [-0.3, -0.25) is 9.78 Å². The Labute approximate surface area is 186 Å². The monoisotopic (exact) mass is 436 g/mol. The van der Waals surface area contributed by atoms with Crippen molar-refractivity contribution in [2.75, 3.05) is 56.2 Å². The molecule has 10 heteroatoms. The number of fused-ring (bicyclic) bond motifs is 1. The van der Waals surface area contributed by atoms with Crippen molar-refractivity contribution in [1.82, 2.24) is 29.4 Å². The molecule has 1 atom stereocenters. The zero-order valence-electron chi connectivity index (χ0n) is 18.7. The second-order valence-corrected chi connectivity index (χ2v) is 8.29. The summed E-state index contributed by atoms with van der Waals surface area (Å²) in [5.41, 5.74) is 2.54. The van der Waals surface area contributed by atoms with Gasteiger partial charge >= 0.3 is 0 Å². The fraction of sp³-hybridized carbons (Fsp3) is 0.500. The normalized spacial score (nSPS) is 19.8. The molecule has 0 spiro atoms. The smallest absolute Gasteiger partial charge is 0.242 e. The Morgan fingerprint density at radius 3 is 2.66 bits per heavy atom. The Morgan fingerprint density at radius 2 is 1.94 bits per heavy atom. The van der Waals surface area contributed by atoms with E-state index in [1.54, 1.807) is 17.3 Å². The zero-order chi connectivity index (χ0) is 22.2. The van der Waals surface area contributed by atoms with Crippen LogP contribution in [0.1, 0.15) is 13.8 Å². The van der Waals surface area contributed by atoms with Crippen molar-refractivity contribution >= 4 is 28.8 Å². The molecule has 168 valence electrons. The third-order valence-corrected chi connectivity index (χ3v) is 6.20. The first-order valence-corrected chi connectivity index (χ1v) is 11.1. The van der Waals surface area contributed by atoms with Gasteiger partial charge in [-0.05, 0) is 26.0 Å². The van der Waals surface area contributed by atoms with E-state index in [0.29, 0.717) is 38.8 Å². The second-order valence-electron chi connectivity index (χ2n) is 8.29. The van der Waals surface area contributed by atoms with E-state index < -0.39 is 0 Å². The second kappa shape index (κ2) is 8.34. The van der Waals surface area contributed by atoms with E-state index >= 15 is 0 Å². The molecule has 2 fully saturated rings. The highest BCUT2D eigenvalue weighted by atomic mass is 16.5. The third kappa shape index (κ3) is 3.54. The van der Waals surface area contributed by atoms with E-state index in [-0.39, 0.29) is 18.5 Å². The van der Waals surface area contributed by atoms with Crippen LogP contribution in [0.4, 0.5) is 11.8 Å². The Balaban J connectivity index is 1.70. The number of imidazole rings is 1. The summed E-state index contributed by atoms with van der Waals surface area (Å²) >= 11 is 0. The number of hydrogen-bond donors (Lipinski definition) is 0. The Hall–Kier alpha value is -3.27. The number of anilines is 2. The molecule has 1 amide bonds. The Bertz CT molecular complexity index is 1130. The van der Waals surface area contributed by atoms with E-state index in [0.717, 1.165) is 34.9 Å². The molecule has 0 aromatic carbocycles. The average molecular weight is 437 g/mol. The summed E-state index contributed by atoms with van der Waals surface area (Å²) in [6.45, 7) is 8.57. The van der Waals surface area contributed by atoms with Gasteiger partial charge in [-0.2, -0.15) is 9.97 Å². The van der Waals surface area contributed by atoms with Gasteiger partial charge in [0, 0.05) is 51.2 Å². The number of aromatic nitrogens is 5. The number of carbonyl (C=O) groups excluding carboxylic acids is 1. The summed E-state index contributed by atoms with van der Waals surface area (Å²) in [6.07, 6.45) is 3.54. The molecule has 3 aromatic heterocycles. The molecular weight excluding hydrogens is 408 g/mol. The van der Waals surface area contributed by atoms with Gasteiger partial charge in [0.15, 0.2) is 17.0 Å². The van der Waals surface area contributed by atoms with Gasteiger partial charge in [0.25, 0.3) is 0 Å². The fourth-order valence-corrected chi connectivity index (χ4v) is 4.31. The summed E-state index contributed by atoms with van der Waals surface area (Å²) in [7, 11) is 1.83. The van der Waals surface area contributed by atoms with Gasteiger partial charge in [-0.25, -0.2) is 4.98 Å². The fourth-order valence-electron chi connectivity index (χ4n) is 4.31. The molecule has 0 bridgehead atoms. The molecular formula is C22H28N8O2. The van der Waals surface area contributed by atoms with Crippen LogP contribution in [0.25, 0.3) is 22.6 Å². The lowest BCUT2D eigenvalue weighted by Gasteiger charge is -2.36. The van der Waals surface area contributed by atoms with Crippen LogP contribution in [-0.2, 0) is 16.1 Å². The first-order valence-electron chi connectivity index (χ1n) is 11.1. The highest BCUT2D eigenvalue weighted by molar-refractivity contribution is 5.89. The number of hydrogen-bond acceptors (Lipinski definition) is 8. The first kappa shape index (κ1) is 20.6. The van der Waals surface area contributed by atoms with Crippen LogP contribution in [0.5, 0.6) is 0 Å². The number of amides is 1. The zero-order valence-corrected chi connectivity index (χ0v) is 18.7. The molecule has 2 aliphatic rings. The van der Waals surface area contributed by atoms with Crippen LogP contribution >= 0.6 is 0 Å². The van der Waals surface area contributed by atoms with Crippen molar-refractivity contribution in [3.05, 3.63) is 24.5 Å². The standard InChI is InChI=1S/C22H28N8O2/c1-4-29-19(16-5-7-23-8-6-16)24-18-20(29)25-22(28-10-9-27(3)17(31)13-28)26-21(18)30-11-12-32-14-15(30)2/h5-8,15H,4,9-14H2,1-3H3. The van der Waals surface area contributed by atoms with E-state index in [1.807, 2.05) is 24.1 Å². The van der Waals surface area contributed by atoms with Gasteiger partial charge in [-0.1, -0.05) is 0 Å². The maximum Gasteiger partial charge on any atom is 0.242 e. The van der Waals surface area contributed by atoms with Crippen LogP contribution in [0.2, 0.25) is 0 Å². The van der Waals surface area contributed by atoms with Crippen molar-refractivity contribution < 1.29 is 9.53 Å². The number of morpholine rings is 1. The predicted molar refractivity (Wildman–Crippen MR) is 122 cm³/mol. The topological polar surface area (TPSA) is 92.5 Å². The molecule has 5 rings (SSSR count). The SMILES string of the molecule is CCn1c(-c2ccncc2)nc2c(N3CCOCC3C)nc(N3CCN(C)C(=O)C3)nc21. The van der Waals surface area contributed by atoms with Gasteiger partial charge in [-0.15, -0.1) is 0 Å². The lowest BCUT2D eigenvalue weighted by molar-refractivity contribution is -0.129. The Morgan fingerprint density at radius 1 is 1.12 bits per heavy atom. The quantitative estimate of drug-likeness (QED) is 0.606. The van der Waals surface area contributed by atoms with Crippen molar-refractivity contribution in [3.63, 3.8) is 0 Å². The number of carbonyl (C=O) groups is 1. The van der Waals surface area contributed by atoms with Gasteiger partial charge in [0.1, 0.15) is 5.82 Å². The van der Waals surface area contributed by atoms with Gasteiger partial charge < -0.3 is 24.0 Å². The maximum absolute atomic E-state index is 12.4. The minimum Gasteiger partial charge on any atom is -0.377 e. The summed E-state index contributed by atoms with van der Waals surface area (Å²) in [5, 5.41) is 0. The molecule has 0 radical (unpaired) electrons. The molecule has 0 N–H and O–H groups in total. The highest BCUT2D eigenvalue weighted by Gasteiger charge is 2.29. The lowest BCUT2D eigenvalue weighted by Crippen LogP contribution is -2.49. The van der Waals surface area contributed by atoms with E-state index in [1.165, 1.54) is 0 Å². The predicted octanol–water partition coefficient (Wildman–Crippen LogP) is 1.41. The van der Waals surface area contributed by atoms with Crippen molar-refractivity contribution in [1.29, 1.82) is 0 Å². The summed E-state index contributed by atoms with van der Waals surface area (Å²) < 4.78 is 7.77. The molecule has 1 unspecified atom stereocenters. The maximum atomic E-state index is 12.4. The average Bonchev–Trinajstić information content (AvgIpc) is 3.20. The molecule has 0 saturated carbocycles. The molecule has 32 heavy (non-hydrogen) atoms. The number of aryl methyl sites for hydroxylation is 1. The molecule has 5 heterocycles. The molecule has 2 saturated heterocycles. The summed E-state index contributed by atoms with van der Waals surface area (Å²) in [6, 6.07) is 4.08. The van der Waals surface area contributed by atoms with Gasteiger partial charge in [0.2, 0.25) is 11.9 Å². The molecule has 10 nitrogen and oxygen atoms in total. The Kier molecular flexibility index (Phi) is 5.38. The molecule has 0 aliphatic carbocycles. The number of likely N-dealkylation sites (N-methyl/N-ethyl adjacent to an activating group) is 1. The summed E-state index contributed by atoms with van der Waals surface area (Å²) in [5.74, 6) is 2.29. The van der Waals surface area contributed by atoms with Crippen molar-refractivity contribution in [2.45, 2.75) is 26.4 Å². The number of pyridine rings is 1. The minimum atomic E-state index is 0.0720. The number of ether oxygens (including phenoxy) is 1. The van der Waals surface area contributed by atoms with Crippen LogP contribution in [0.15, 0.2) is 24.5 Å².